The lowest BCUT2D eigenvalue weighted by Gasteiger charge is -2.41. The van der Waals surface area contributed by atoms with Crippen molar-refractivity contribution in [3.05, 3.63) is 30.1 Å². The highest BCUT2D eigenvalue weighted by molar-refractivity contribution is 5.16. The fourth-order valence-corrected chi connectivity index (χ4v) is 2.96. The average molecular weight is 279 g/mol. The van der Waals surface area contributed by atoms with Crippen molar-refractivity contribution >= 4 is 0 Å². The van der Waals surface area contributed by atoms with Gasteiger partial charge in [-0.05, 0) is 40.3 Å². The predicted octanol–water partition coefficient (Wildman–Crippen LogP) is 1.66. The van der Waals surface area contributed by atoms with Gasteiger partial charge in [-0.2, -0.15) is 0 Å². The maximum atomic E-state index is 11.4. The standard InChI is InChI=1S/C16H29N3O/c1-13(11-18(3)4)16(20,14(2)12-19(5)6)15-9-7-8-10-17-15/h7-10,13-14,20H,11-12H2,1-6H3. The summed E-state index contributed by atoms with van der Waals surface area (Å²) in [6.07, 6.45) is 1.76. The zero-order chi connectivity index (χ0) is 15.3. The fourth-order valence-electron chi connectivity index (χ4n) is 2.96. The van der Waals surface area contributed by atoms with Crippen molar-refractivity contribution in [2.75, 3.05) is 41.3 Å². The van der Waals surface area contributed by atoms with E-state index < -0.39 is 5.60 Å². The van der Waals surface area contributed by atoms with Gasteiger partial charge in [0.15, 0.2) is 0 Å². The van der Waals surface area contributed by atoms with Crippen LogP contribution in [0.3, 0.4) is 0 Å². The van der Waals surface area contributed by atoms with Gasteiger partial charge in [0.1, 0.15) is 5.60 Å². The minimum atomic E-state index is -0.921. The van der Waals surface area contributed by atoms with Crippen molar-refractivity contribution in [2.45, 2.75) is 19.4 Å². The highest BCUT2D eigenvalue weighted by Gasteiger charge is 2.42. The average Bonchev–Trinajstić information content (AvgIpc) is 2.37. The molecular formula is C16H29N3O. The first-order valence-corrected chi connectivity index (χ1v) is 7.21. The number of rotatable bonds is 7. The highest BCUT2D eigenvalue weighted by atomic mass is 16.3. The molecular weight excluding hydrogens is 250 g/mol. The Hall–Kier alpha value is -0.970. The molecule has 0 amide bonds. The van der Waals surface area contributed by atoms with Gasteiger partial charge in [-0.25, -0.2) is 0 Å². The number of hydrogen-bond donors (Lipinski definition) is 1. The molecule has 1 aromatic heterocycles. The zero-order valence-corrected chi connectivity index (χ0v) is 13.7. The van der Waals surface area contributed by atoms with Gasteiger partial charge in [0.2, 0.25) is 0 Å². The van der Waals surface area contributed by atoms with Crippen LogP contribution in [0, 0.1) is 11.8 Å². The van der Waals surface area contributed by atoms with E-state index in [0.29, 0.717) is 0 Å². The normalized spacial score (nSPS) is 18.1. The van der Waals surface area contributed by atoms with E-state index in [1.807, 2.05) is 46.4 Å². The second-order valence-corrected chi connectivity index (χ2v) is 6.37. The van der Waals surface area contributed by atoms with Gasteiger partial charge in [0.25, 0.3) is 0 Å². The molecule has 0 aliphatic carbocycles. The van der Waals surface area contributed by atoms with Gasteiger partial charge in [-0.3, -0.25) is 4.98 Å². The second-order valence-electron chi connectivity index (χ2n) is 6.37. The molecule has 0 saturated heterocycles. The van der Waals surface area contributed by atoms with Crippen LogP contribution in [0.2, 0.25) is 0 Å². The number of aromatic nitrogens is 1. The molecule has 114 valence electrons. The highest BCUT2D eigenvalue weighted by Crippen LogP contribution is 2.36. The maximum Gasteiger partial charge on any atom is 0.114 e. The van der Waals surface area contributed by atoms with Crippen molar-refractivity contribution < 1.29 is 5.11 Å². The summed E-state index contributed by atoms with van der Waals surface area (Å²) < 4.78 is 0. The van der Waals surface area contributed by atoms with Gasteiger partial charge < -0.3 is 14.9 Å². The van der Waals surface area contributed by atoms with Crippen molar-refractivity contribution in [3.8, 4) is 0 Å². The third-order valence-corrected chi connectivity index (χ3v) is 3.86. The van der Waals surface area contributed by atoms with E-state index >= 15 is 0 Å². The van der Waals surface area contributed by atoms with E-state index in [-0.39, 0.29) is 11.8 Å². The lowest BCUT2D eigenvalue weighted by molar-refractivity contribution is -0.0805. The Kier molecular flexibility index (Phi) is 6.11. The van der Waals surface area contributed by atoms with Crippen LogP contribution in [0.4, 0.5) is 0 Å². The zero-order valence-electron chi connectivity index (χ0n) is 13.7. The Balaban J connectivity index is 3.11. The Morgan fingerprint density at radius 2 is 1.55 bits per heavy atom. The van der Waals surface area contributed by atoms with Crippen LogP contribution in [-0.4, -0.2) is 61.2 Å². The number of pyridine rings is 1. The number of nitrogens with zero attached hydrogens (tertiary/aromatic N) is 3. The Bertz CT molecular complexity index is 376. The molecule has 0 aliphatic rings. The first kappa shape index (κ1) is 17.1. The smallest absolute Gasteiger partial charge is 0.114 e. The summed E-state index contributed by atoms with van der Waals surface area (Å²) in [7, 11) is 8.13. The molecule has 0 radical (unpaired) electrons. The molecule has 2 atom stereocenters. The Labute approximate surface area is 123 Å². The minimum Gasteiger partial charge on any atom is -0.383 e. The Morgan fingerprint density at radius 3 is 1.90 bits per heavy atom. The molecule has 1 N–H and O–H groups in total. The van der Waals surface area contributed by atoms with E-state index in [4.69, 9.17) is 0 Å². The summed E-state index contributed by atoms with van der Waals surface area (Å²) in [5.74, 6) is 0.199. The third kappa shape index (κ3) is 4.01. The molecule has 0 saturated carbocycles. The van der Waals surface area contributed by atoms with Crippen LogP contribution in [-0.2, 0) is 5.60 Å². The van der Waals surface area contributed by atoms with Crippen LogP contribution in [0.25, 0.3) is 0 Å². The fraction of sp³-hybridized carbons (Fsp3) is 0.688. The molecule has 4 nitrogen and oxygen atoms in total. The first-order chi connectivity index (χ1) is 9.28. The summed E-state index contributed by atoms with van der Waals surface area (Å²) in [6.45, 7) is 5.84. The molecule has 4 heteroatoms. The molecule has 1 aromatic rings. The largest absolute Gasteiger partial charge is 0.383 e. The summed E-state index contributed by atoms with van der Waals surface area (Å²) >= 11 is 0. The van der Waals surface area contributed by atoms with E-state index in [1.54, 1.807) is 6.20 Å². The SMILES string of the molecule is CC(CN(C)C)C(O)(c1ccccn1)C(C)CN(C)C. The number of hydrogen-bond acceptors (Lipinski definition) is 4. The predicted molar refractivity (Wildman–Crippen MR) is 83.6 cm³/mol. The summed E-state index contributed by atoms with van der Waals surface area (Å²) in [6, 6.07) is 5.76. The first-order valence-electron chi connectivity index (χ1n) is 7.21. The van der Waals surface area contributed by atoms with Crippen molar-refractivity contribution in [1.82, 2.24) is 14.8 Å². The van der Waals surface area contributed by atoms with Gasteiger partial charge >= 0.3 is 0 Å². The second kappa shape index (κ2) is 7.16. The molecule has 0 aromatic carbocycles. The quantitative estimate of drug-likeness (QED) is 0.824. The minimum absolute atomic E-state index is 0.0994. The molecule has 0 fully saturated rings. The van der Waals surface area contributed by atoms with Crippen molar-refractivity contribution in [3.63, 3.8) is 0 Å². The summed E-state index contributed by atoms with van der Waals surface area (Å²) in [4.78, 5) is 8.64. The summed E-state index contributed by atoms with van der Waals surface area (Å²) in [5.41, 5.74) is -0.154. The van der Waals surface area contributed by atoms with Crippen LogP contribution >= 0.6 is 0 Å². The lowest BCUT2D eigenvalue weighted by atomic mass is 9.75. The van der Waals surface area contributed by atoms with Gasteiger partial charge in [0.05, 0.1) is 5.69 Å². The molecule has 0 bridgehead atoms. The van der Waals surface area contributed by atoms with Crippen LogP contribution in [0.15, 0.2) is 24.4 Å². The van der Waals surface area contributed by atoms with E-state index in [2.05, 4.69) is 28.6 Å². The van der Waals surface area contributed by atoms with Crippen LogP contribution in [0.5, 0.6) is 0 Å². The van der Waals surface area contributed by atoms with Crippen LogP contribution < -0.4 is 0 Å². The maximum absolute atomic E-state index is 11.4. The molecule has 0 spiro atoms. The topological polar surface area (TPSA) is 39.6 Å². The van der Waals surface area contributed by atoms with Gasteiger partial charge in [0, 0.05) is 31.1 Å². The molecule has 0 aliphatic heterocycles. The molecule has 1 rings (SSSR count). The van der Waals surface area contributed by atoms with Crippen LogP contribution in [0.1, 0.15) is 19.5 Å². The molecule has 2 unspecified atom stereocenters. The monoisotopic (exact) mass is 279 g/mol. The van der Waals surface area contributed by atoms with E-state index in [9.17, 15) is 5.11 Å². The molecule has 20 heavy (non-hydrogen) atoms. The third-order valence-electron chi connectivity index (χ3n) is 3.86. The van der Waals surface area contributed by atoms with Crippen molar-refractivity contribution in [2.24, 2.45) is 11.8 Å². The van der Waals surface area contributed by atoms with Crippen molar-refractivity contribution in [1.29, 1.82) is 0 Å². The van der Waals surface area contributed by atoms with Gasteiger partial charge in [-0.1, -0.05) is 19.9 Å². The summed E-state index contributed by atoms with van der Waals surface area (Å²) in [5, 5.41) is 11.4. The number of aliphatic hydroxyl groups is 1. The Morgan fingerprint density at radius 1 is 1.05 bits per heavy atom. The lowest BCUT2D eigenvalue weighted by Crippen LogP contribution is -2.47. The van der Waals surface area contributed by atoms with Gasteiger partial charge in [-0.15, -0.1) is 0 Å². The van der Waals surface area contributed by atoms with E-state index in [1.165, 1.54) is 0 Å². The molecule has 1 heterocycles. The van der Waals surface area contributed by atoms with E-state index in [0.717, 1.165) is 18.8 Å².